The molecule has 0 aliphatic rings. The van der Waals surface area contributed by atoms with Gasteiger partial charge < -0.3 is 0 Å². The van der Waals surface area contributed by atoms with Crippen LogP contribution in [0, 0.1) is 0 Å². The Morgan fingerprint density at radius 2 is 0.864 bits per heavy atom. The molecule has 0 aliphatic carbocycles. The lowest BCUT2D eigenvalue weighted by Gasteiger charge is -2.06. The second-order valence-electron chi connectivity index (χ2n) is 9.54. The molecule has 0 nitrogen and oxygen atoms in total. The van der Waals surface area contributed by atoms with Crippen LogP contribution in [0.2, 0.25) is 0 Å². The lowest BCUT2D eigenvalue weighted by atomic mass is 10.1. The van der Waals surface area contributed by atoms with E-state index in [0.29, 0.717) is 5.88 Å². The molecule has 0 unspecified atom stereocenters. The molecule has 0 spiro atoms. The summed E-state index contributed by atoms with van der Waals surface area (Å²) in [6.45, 7) is 11.3. The number of hydrogen-bond donors (Lipinski definition) is 2. The first-order valence-corrected chi connectivity index (χ1v) is 17.4. The molecule has 5 aromatic rings. The third-order valence-electron chi connectivity index (χ3n) is 6.25. The Bertz CT molecular complexity index is 1500. The van der Waals surface area contributed by atoms with E-state index in [4.69, 9.17) is 11.6 Å². The zero-order valence-electron chi connectivity index (χ0n) is 24.6. The first kappa shape index (κ1) is 35.5. The minimum absolute atomic E-state index is 0.581. The van der Waals surface area contributed by atoms with Crippen molar-refractivity contribution >= 4 is 78.6 Å². The van der Waals surface area contributed by atoms with Crippen molar-refractivity contribution in [2.75, 3.05) is 0 Å². The Labute approximate surface area is 288 Å². The van der Waals surface area contributed by atoms with Gasteiger partial charge in [-0.25, -0.2) is 0 Å². The van der Waals surface area contributed by atoms with Crippen molar-refractivity contribution in [2.45, 2.75) is 37.0 Å². The summed E-state index contributed by atoms with van der Waals surface area (Å²) in [5.41, 5.74) is 7.28. The Balaban J connectivity index is 0.000000238. The highest BCUT2D eigenvalue weighted by atomic mass is 35.5. The summed E-state index contributed by atoms with van der Waals surface area (Å²) >= 11 is 17.6. The number of hydrogen-bond acceptors (Lipinski definition) is 4. The molecule has 0 heterocycles. The van der Waals surface area contributed by atoms with Crippen LogP contribution in [0.3, 0.4) is 0 Å². The molecule has 5 heteroatoms. The molecule has 0 aliphatic heterocycles. The van der Waals surface area contributed by atoms with Crippen molar-refractivity contribution in [3.8, 4) is 0 Å². The van der Waals surface area contributed by atoms with Gasteiger partial charge in [0.15, 0.2) is 0 Å². The van der Waals surface area contributed by atoms with Crippen LogP contribution < -0.4 is 0 Å². The smallest absolute Gasteiger partial charge is 0.0474 e. The topological polar surface area (TPSA) is 0 Å². The number of alkyl halides is 1. The molecular formula is C39H37ClS4. The molecule has 0 bridgehead atoms. The third-order valence-corrected chi connectivity index (χ3v) is 9.24. The van der Waals surface area contributed by atoms with E-state index in [2.05, 4.69) is 118 Å². The van der Waals surface area contributed by atoms with Gasteiger partial charge in [-0.1, -0.05) is 123 Å². The number of benzene rings is 5. The first-order valence-electron chi connectivity index (χ1n) is 14.0. The molecular weight excluding hydrogens is 632 g/mol. The zero-order valence-corrected chi connectivity index (χ0v) is 28.8. The molecule has 0 fully saturated rings. The summed E-state index contributed by atoms with van der Waals surface area (Å²) in [6.07, 6.45) is 5.57. The van der Waals surface area contributed by atoms with E-state index in [0.717, 1.165) is 32.4 Å². The van der Waals surface area contributed by atoms with Gasteiger partial charge in [-0.05, 0) is 69.8 Å². The summed E-state index contributed by atoms with van der Waals surface area (Å²) in [5.74, 6) is 2.54. The minimum atomic E-state index is 0.581. The third kappa shape index (κ3) is 13.3. The van der Waals surface area contributed by atoms with E-state index in [1.807, 2.05) is 90.3 Å². The van der Waals surface area contributed by atoms with Gasteiger partial charge in [0.05, 0.1) is 0 Å². The SMILES string of the molecule is C=Cc1ccc(CCl)cc1.C=Cc1ccc(CSc2cccc(SCc3ccc(C=C)cc3)c2)cc1.Sc1cccc(S)c1. The Kier molecular flexibility index (Phi) is 16.2. The molecule has 224 valence electrons. The van der Waals surface area contributed by atoms with Crippen LogP contribution in [0.15, 0.2) is 161 Å². The maximum Gasteiger partial charge on any atom is 0.0474 e. The van der Waals surface area contributed by atoms with E-state index in [9.17, 15) is 0 Å². The summed E-state index contributed by atoms with van der Waals surface area (Å²) in [5, 5.41) is 0. The van der Waals surface area contributed by atoms with Crippen molar-refractivity contribution in [1.82, 2.24) is 0 Å². The number of thioether (sulfide) groups is 2. The maximum absolute atomic E-state index is 5.60. The van der Waals surface area contributed by atoms with Gasteiger partial charge >= 0.3 is 0 Å². The van der Waals surface area contributed by atoms with Crippen molar-refractivity contribution < 1.29 is 0 Å². The predicted octanol–water partition coefficient (Wildman–Crippen LogP) is 12.9. The van der Waals surface area contributed by atoms with Gasteiger partial charge in [-0.3, -0.25) is 0 Å². The predicted molar refractivity (Wildman–Crippen MR) is 206 cm³/mol. The van der Waals surface area contributed by atoms with Gasteiger partial charge in [0.25, 0.3) is 0 Å². The molecule has 0 amide bonds. The van der Waals surface area contributed by atoms with Crippen LogP contribution >= 0.6 is 60.4 Å². The number of halogens is 1. The summed E-state index contributed by atoms with van der Waals surface area (Å²) in [7, 11) is 0. The van der Waals surface area contributed by atoms with Crippen molar-refractivity contribution in [1.29, 1.82) is 0 Å². The molecule has 0 saturated heterocycles. The van der Waals surface area contributed by atoms with Gasteiger partial charge in [-0.15, -0.1) is 60.4 Å². The Hall–Kier alpha value is -2.99. The van der Waals surface area contributed by atoms with Gasteiger partial charge in [-0.2, -0.15) is 0 Å². The summed E-state index contributed by atoms with van der Waals surface area (Å²) in [6, 6.07) is 41.6. The highest BCUT2D eigenvalue weighted by Gasteiger charge is 2.01. The molecule has 0 radical (unpaired) electrons. The lowest BCUT2D eigenvalue weighted by Crippen LogP contribution is -1.83. The largest absolute Gasteiger partial charge is 0.143 e. The average molecular weight is 669 g/mol. The fourth-order valence-corrected chi connectivity index (χ4v) is 6.35. The highest BCUT2D eigenvalue weighted by molar-refractivity contribution is 7.99. The van der Waals surface area contributed by atoms with Crippen LogP contribution in [-0.2, 0) is 17.4 Å². The van der Waals surface area contributed by atoms with Gasteiger partial charge in [0, 0.05) is 37.0 Å². The fourth-order valence-electron chi connectivity index (χ4n) is 3.72. The quantitative estimate of drug-likeness (QED) is 0.0863. The lowest BCUT2D eigenvalue weighted by molar-refractivity contribution is 1.30. The van der Waals surface area contributed by atoms with Crippen molar-refractivity contribution in [3.63, 3.8) is 0 Å². The zero-order chi connectivity index (χ0) is 31.6. The molecule has 0 atom stereocenters. The molecule has 5 rings (SSSR count). The Morgan fingerprint density at radius 1 is 0.500 bits per heavy atom. The van der Waals surface area contributed by atoms with Crippen molar-refractivity contribution in [2.24, 2.45) is 0 Å². The van der Waals surface area contributed by atoms with Gasteiger partial charge in [0.2, 0.25) is 0 Å². The van der Waals surface area contributed by atoms with Crippen LogP contribution in [0.25, 0.3) is 18.2 Å². The maximum atomic E-state index is 5.60. The highest BCUT2D eigenvalue weighted by Crippen LogP contribution is 2.29. The minimum Gasteiger partial charge on any atom is -0.143 e. The first-order chi connectivity index (χ1) is 21.4. The second-order valence-corrected chi connectivity index (χ2v) is 12.9. The molecule has 44 heavy (non-hydrogen) atoms. The summed E-state index contributed by atoms with van der Waals surface area (Å²) in [4.78, 5) is 4.53. The number of thiol groups is 2. The summed E-state index contributed by atoms with van der Waals surface area (Å²) < 4.78 is 0. The molecule has 0 saturated carbocycles. The molecule has 0 N–H and O–H groups in total. The standard InChI is InChI=1S/C24H22S2.C9H9Cl.C6H6S2/c1-3-19-8-12-21(13-9-19)17-25-23-6-5-7-24(16-23)26-18-22-14-10-20(4-2)11-15-22;1-2-8-3-5-9(7-10)6-4-8;7-5-2-1-3-6(8)4-5/h3-16H,1-2,17-18H2;2-6H,1,7H2;1-4,7-8H. The molecule has 0 aromatic heterocycles. The monoisotopic (exact) mass is 668 g/mol. The van der Waals surface area contributed by atoms with Crippen LogP contribution in [-0.4, -0.2) is 0 Å². The van der Waals surface area contributed by atoms with Crippen LogP contribution in [0.5, 0.6) is 0 Å². The van der Waals surface area contributed by atoms with E-state index in [-0.39, 0.29) is 0 Å². The normalized spacial score (nSPS) is 9.98. The van der Waals surface area contributed by atoms with Gasteiger partial charge in [0.1, 0.15) is 0 Å². The number of rotatable bonds is 10. The second kappa shape index (κ2) is 20.1. The Morgan fingerprint density at radius 3 is 1.18 bits per heavy atom. The fraction of sp³-hybridized carbons (Fsp3) is 0.0769. The van der Waals surface area contributed by atoms with E-state index in [1.54, 1.807) is 0 Å². The van der Waals surface area contributed by atoms with Crippen LogP contribution in [0.4, 0.5) is 0 Å². The van der Waals surface area contributed by atoms with Crippen LogP contribution in [0.1, 0.15) is 33.4 Å². The van der Waals surface area contributed by atoms with E-state index in [1.165, 1.54) is 32.0 Å². The average Bonchev–Trinajstić information content (AvgIpc) is 3.07. The molecule has 5 aromatic carbocycles. The van der Waals surface area contributed by atoms with E-state index < -0.39 is 0 Å². The van der Waals surface area contributed by atoms with E-state index >= 15 is 0 Å². The van der Waals surface area contributed by atoms with Crippen molar-refractivity contribution in [3.05, 3.63) is 174 Å².